The van der Waals surface area contributed by atoms with Crippen molar-refractivity contribution >= 4 is 23.5 Å². The summed E-state index contributed by atoms with van der Waals surface area (Å²) in [7, 11) is 1.62. The highest BCUT2D eigenvalue weighted by atomic mass is 32.1. The van der Waals surface area contributed by atoms with Crippen LogP contribution in [0.15, 0.2) is 84.0 Å². The minimum absolute atomic E-state index is 0.481. The van der Waals surface area contributed by atoms with Crippen molar-refractivity contribution in [2.45, 2.75) is 13.0 Å². The van der Waals surface area contributed by atoms with Crippen LogP contribution in [-0.2, 0) is 13.0 Å². The van der Waals surface area contributed by atoms with Crippen LogP contribution < -0.4 is 20.2 Å². The average molecular weight is 420 g/mol. The molecule has 6 heteroatoms. The zero-order chi connectivity index (χ0) is 21.0. The summed E-state index contributed by atoms with van der Waals surface area (Å²) in [5, 5.41) is 7.82. The lowest BCUT2D eigenvalue weighted by atomic mass is 10.1. The molecule has 0 aliphatic carbocycles. The first-order chi connectivity index (χ1) is 14.7. The highest BCUT2D eigenvalue weighted by molar-refractivity contribution is 7.80. The van der Waals surface area contributed by atoms with Gasteiger partial charge in [0, 0.05) is 6.54 Å². The smallest absolute Gasteiger partial charge is 0.186 e. The molecule has 0 atom stereocenters. The number of hydrazone groups is 1. The van der Waals surface area contributed by atoms with Crippen LogP contribution in [0.3, 0.4) is 0 Å². The molecule has 2 N–H and O–H groups in total. The summed E-state index contributed by atoms with van der Waals surface area (Å²) in [5.74, 6) is 1.34. The number of ether oxygens (including phenoxy) is 2. The summed E-state index contributed by atoms with van der Waals surface area (Å²) in [6, 6.07) is 25.9. The number of methoxy groups -OCH3 is 1. The van der Waals surface area contributed by atoms with E-state index in [0.29, 0.717) is 23.2 Å². The van der Waals surface area contributed by atoms with Gasteiger partial charge in [0.1, 0.15) is 6.61 Å². The molecule has 0 saturated heterocycles. The summed E-state index contributed by atoms with van der Waals surface area (Å²) in [5.41, 5.74) is 6.07. The molecule has 3 aromatic carbocycles. The summed E-state index contributed by atoms with van der Waals surface area (Å²) in [6.45, 7) is 1.22. The molecular weight excluding hydrogens is 394 g/mol. The summed E-state index contributed by atoms with van der Waals surface area (Å²) < 4.78 is 11.3. The fourth-order valence-electron chi connectivity index (χ4n) is 2.79. The van der Waals surface area contributed by atoms with E-state index in [4.69, 9.17) is 21.7 Å². The zero-order valence-corrected chi connectivity index (χ0v) is 17.7. The van der Waals surface area contributed by atoms with Gasteiger partial charge in [-0.15, -0.1) is 0 Å². The Morgan fingerprint density at radius 2 is 1.63 bits per heavy atom. The molecule has 0 fully saturated rings. The maximum Gasteiger partial charge on any atom is 0.186 e. The van der Waals surface area contributed by atoms with Crippen molar-refractivity contribution in [3.8, 4) is 11.5 Å². The molecule has 0 heterocycles. The third-order valence-corrected chi connectivity index (χ3v) is 4.58. The van der Waals surface area contributed by atoms with Crippen molar-refractivity contribution in [2.75, 3.05) is 13.7 Å². The van der Waals surface area contributed by atoms with Gasteiger partial charge in [-0.05, 0) is 53.5 Å². The highest BCUT2D eigenvalue weighted by Crippen LogP contribution is 2.28. The third kappa shape index (κ3) is 6.90. The van der Waals surface area contributed by atoms with Gasteiger partial charge in [0.05, 0.1) is 13.3 Å². The van der Waals surface area contributed by atoms with Crippen LogP contribution in [0.25, 0.3) is 0 Å². The van der Waals surface area contributed by atoms with Crippen LogP contribution in [0.1, 0.15) is 16.7 Å². The maximum atomic E-state index is 5.88. The van der Waals surface area contributed by atoms with Gasteiger partial charge < -0.3 is 14.8 Å². The molecule has 30 heavy (non-hydrogen) atoms. The number of benzene rings is 3. The lowest BCUT2D eigenvalue weighted by Crippen LogP contribution is -2.33. The topological polar surface area (TPSA) is 54.9 Å². The van der Waals surface area contributed by atoms with Crippen LogP contribution in [0.5, 0.6) is 11.5 Å². The monoisotopic (exact) mass is 419 g/mol. The van der Waals surface area contributed by atoms with Gasteiger partial charge in [0.15, 0.2) is 16.6 Å². The zero-order valence-electron chi connectivity index (χ0n) is 16.9. The predicted molar refractivity (Wildman–Crippen MR) is 125 cm³/mol. The molecule has 0 unspecified atom stereocenters. The molecule has 0 saturated carbocycles. The van der Waals surface area contributed by atoms with E-state index in [9.17, 15) is 0 Å². The molecule has 5 nitrogen and oxygen atoms in total. The van der Waals surface area contributed by atoms with E-state index in [2.05, 4.69) is 28.0 Å². The molecule has 0 aromatic heterocycles. The molecule has 0 bridgehead atoms. The Kier molecular flexibility index (Phi) is 8.23. The average Bonchev–Trinajstić information content (AvgIpc) is 2.79. The normalized spacial score (nSPS) is 10.6. The van der Waals surface area contributed by atoms with E-state index in [0.717, 1.165) is 24.1 Å². The molecule has 0 spiro atoms. The van der Waals surface area contributed by atoms with Crippen LogP contribution in [0, 0.1) is 0 Å². The molecule has 3 aromatic rings. The van der Waals surface area contributed by atoms with Crippen molar-refractivity contribution in [1.82, 2.24) is 10.7 Å². The molecular formula is C24H25N3O2S. The van der Waals surface area contributed by atoms with E-state index < -0.39 is 0 Å². The lowest BCUT2D eigenvalue weighted by molar-refractivity contribution is 0.284. The number of nitrogens with zero attached hydrogens (tertiary/aromatic N) is 1. The SMILES string of the molecule is COc1cc(/C=N\NC(=S)NCCc2ccccc2)ccc1OCc1ccccc1. The van der Waals surface area contributed by atoms with Crippen LogP contribution in [0.2, 0.25) is 0 Å². The first kappa shape index (κ1) is 21.3. The number of hydrogen-bond donors (Lipinski definition) is 2. The van der Waals surface area contributed by atoms with Gasteiger partial charge in [-0.2, -0.15) is 5.10 Å². The van der Waals surface area contributed by atoms with Crippen molar-refractivity contribution < 1.29 is 9.47 Å². The Balaban J connectivity index is 1.47. The Bertz CT molecular complexity index is 963. The molecule has 0 aliphatic rings. The maximum absolute atomic E-state index is 5.88. The minimum Gasteiger partial charge on any atom is -0.493 e. The van der Waals surface area contributed by atoms with E-state index in [-0.39, 0.29) is 0 Å². The fourth-order valence-corrected chi connectivity index (χ4v) is 2.94. The van der Waals surface area contributed by atoms with Crippen molar-refractivity contribution in [2.24, 2.45) is 5.10 Å². The van der Waals surface area contributed by atoms with Crippen LogP contribution in [0.4, 0.5) is 0 Å². The second-order valence-corrected chi connectivity index (χ2v) is 6.95. The standard InChI is InChI=1S/C24H25N3O2S/c1-28-23-16-21(12-13-22(23)29-18-20-10-6-3-7-11-20)17-26-27-24(30)25-15-14-19-8-4-2-5-9-19/h2-13,16-17H,14-15,18H2,1H3,(H2,25,27,30)/b26-17-. The Hall–Kier alpha value is -3.38. The Labute approximate surface area is 182 Å². The first-order valence-corrected chi connectivity index (χ1v) is 10.1. The van der Waals surface area contributed by atoms with Gasteiger partial charge in [-0.1, -0.05) is 60.7 Å². The van der Waals surface area contributed by atoms with E-state index in [1.54, 1.807) is 13.3 Å². The first-order valence-electron chi connectivity index (χ1n) is 9.70. The highest BCUT2D eigenvalue weighted by Gasteiger charge is 2.05. The lowest BCUT2D eigenvalue weighted by Gasteiger charge is -2.11. The summed E-state index contributed by atoms with van der Waals surface area (Å²) >= 11 is 5.25. The van der Waals surface area contributed by atoms with Crippen molar-refractivity contribution in [3.05, 3.63) is 95.6 Å². The van der Waals surface area contributed by atoms with E-state index in [1.807, 2.05) is 66.7 Å². The molecule has 0 radical (unpaired) electrons. The second-order valence-electron chi connectivity index (χ2n) is 6.55. The van der Waals surface area contributed by atoms with Gasteiger partial charge in [-0.25, -0.2) is 0 Å². The van der Waals surface area contributed by atoms with Gasteiger partial charge in [0.25, 0.3) is 0 Å². The molecule has 0 aliphatic heterocycles. The van der Waals surface area contributed by atoms with E-state index in [1.165, 1.54) is 5.56 Å². The largest absolute Gasteiger partial charge is 0.493 e. The minimum atomic E-state index is 0.481. The van der Waals surface area contributed by atoms with Crippen LogP contribution in [-0.4, -0.2) is 25.0 Å². The number of thiocarbonyl (C=S) groups is 1. The fraction of sp³-hybridized carbons (Fsp3) is 0.167. The quantitative estimate of drug-likeness (QED) is 0.307. The summed E-state index contributed by atoms with van der Waals surface area (Å²) in [4.78, 5) is 0. The Morgan fingerprint density at radius 3 is 2.33 bits per heavy atom. The van der Waals surface area contributed by atoms with E-state index >= 15 is 0 Å². The molecule has 3 rings (SSSR count). The van der Waals surface area contributed by atoms with Gasteiger partial charge in [-0.3, -0.25) is 5.43 Å². The Morgan fingerprint density at radius 1 is 0.933 bits per heavy atom. The molecule has 0 amide bonds. The number of hydrogen-bond acceptors (Lipinski definition) is 4. The van der Waals surface area contributed by atoms with Crippen molar-refractivity contribution in [1.29, 1.82) is 0 Å². The number of nitrogens with one attached hydrogen (secondary N) is 2. The number of rotatable bonds is 9. The summed E-state index contributed by atoms with van der Waals surface area (Å²) in [6.07, 6.45) is 2.59. The van der Waals surface area contributed by atoms with Gasteiger partial charge in [0.2, 0.25) is 0 Å². The predicted octanol–water partition coefficient (Wildman–Crippen LogP) is 4.31. The molecule has 154 valence electrons. The van der Waals surface area contributed by atoms with Crippen molar-refractivity contribution in [3.63, 3.8) is 0 Å². The van der Waals surface area contributed by atoms with Crippen LogP contribution >= 0.6 is 12.2 Å². The third-order valence-electron chi connectivity index (χ3n) is 4.35. The van der Waals surface area contributed by atoms with Gasteiger partial charge >= 0.3 is 0 Å². The second kappa shape index (κ2) is 11.6.